The van der Waals surface area contributed by atoms with E-state index in [4.69, 9.17) is 4.74 Å². The van der Waals surface area contributed by atoms with Crippen LogP contribution in [0.25, 0.3) is 0 Å². The summed E-state index contributed by atoms with van der Waals surface area (Å²) in [4.78, 5) is 13.5. The van der Waals surface area contributed by atoms with Gasteiger partial charge >= 0.3 is 0 Å². The largest absolute Gasteiger partial charge is 0.473 e. The van der Waals surface area contributed by atoms with E-state index in [0.29, 0.717) is 12.4 Å². The maximum absolute atomic E-state index is 11.7. The number of carbonyl (C=O) groups is 1. The Bertz CT molecular complexity index is 381. The molecule has 2 heterocycles. The smallest absolute Gasteiger partial charge is 0.245 e. The highest BCUT2D eigenvalue weighted by Crippen LogP contribution is 2.07. The first-order valence-electron chi connectivity index (χ1n) is 6.32. The third-order valence-electron chi connectivity index (χ3n) is 2.88. The van der Waals surface area contributed by atoms with Gasteiger partial charge in [-0.15, -0.1) is 4.37 Å². The number of ether oxygens (including phenoxy) is 1. The lowest BCUT2D eigenvalue weighted by Crippen LogP contribution is -2.40. The summed E-state index contributed by atoms with van der Waals surface area (Å²) in [6.07, 6.45) is 3.00. The quantitative estimate of drug-likeness (QED) is 0.702. The van der Waals surface area contributed by atoms with E-state index in [0.717, 1.165) is 37.7 Å². The summed E-state index contributed by atoms with van der Waals surface area (Å²) in [5.74, 6) is 0.506. The summed E-state index contributed by atoms with van der Waals surface area (Å²) in [6, 6.07) is 0. The minimum atomic E-state index is -0.673. The molecule has 1 aliphatic rings. The number of hydrogen-bond donors (Lipinski definition) is 2. The van der Waals surface area contributed by atoms with Gasteiger partial charge in [0.1, 0.15) is 18.9 Å². The number of likely N-dealkylation sites (tertiary alicyclic amines) is 1. The average molecular weight is 286 g/mol. The molecule has 2 N–H and O–H groups in total. The van der Waals surface area contributed by atoms with Crippen LogP contribution >= 0.6 is 11.7 Å². The van der Waals surface area contributed by atoms with Gasteiger partial charge in [0.05, 0.1) is 18.3 Å². The van der Waals surface area contributed by atoms with Crippen molar-refractivity contribution in [3.8, 4) is 5.88 Å². The van der Waals surface area contributed by atoms with Crippen LogP contribution in [0.5, 0.6) is 5.88 Å². The minimum absolute atomic E-state index is 0.0920. The van der Waals surface area contributed by atoms with Crippen LogP contribution < -0.4 is 10.1 Å². The highest BCUT2D eigenvalue weighted by atomic mass is 32.1. The predicted molar refractivity (Wildman–Crippen MR) is 70.1 cm³/mol. The Balaban J connectivity index is 1.55. The Morgan fingerprint density at radius 2 is 2.37 bits per heavy atom. The second-order valence-electron chi connectivity index (χ2n) is 4.43. The highest BCUT2D eigenvalue weighted by Gasteiger charge is 2.17. The van der Waals surface area contributed by atoms with Crippen molar-refractivity contribution in [2.45, 2.75) is 18.9 Å². The van der Waals surface area contributed by atoms with E-state index >= 15 is 0 Å². The number of nitrogens with zero attached hydrogens (tertiary/aromatic N) is 3. The number of aromatic nitrogens is 2. The molecule has 7 nitrogen and oxygen atoms in total. The van der Waals surface area contributed by atoms with Crippen LogP contribution in [-0.2, 0) is 4.79 Å². The van der Waals surface area contributed by atoms with Gasteiger partial charge in [0.15, 0.2) is 0 Å². The minimum Gasteiger partial charge on any atom is -0.473 e. The zero-order valence-electron chi connectivity index (χ0n) is 10.6. The first kappa shape index (κ1) is 14.2. The van der Waals surface area contributed by atoms with Crippen LogP contribution in [-0.4, -0.2) is 63.6 Å². The van der Waals surface area contributed by atoms with Crippen molar-refractivity contribution in [1.29, 1.82) is 0 Å². The second kappa shape index (κ2) is 7.37. The van der Waals surface area contributed by atoms with Crippen LogP contribution in [0, 0.1) is 0 Å². The van der Waals surface area contributed by atoms with E-state index < -0.39 is 6.10 Å². The van der Waals surface area contributed by atoms with Crippen LogP contribution in [0.1, 0.15) is 12.8 Å². The van der Waals surface area contributed by atoms with Gasteiger partial charge in [-0.05, 0) is 12.8 Å². The maximum Gasteiger partial charge on any atom is 0.245 e. The van der Waals surface area contributed by atoms with Gasteiger partial charge in [-0.25, -0.2) is 0 Å². The van der Waals surface area contributed by atoms with E-state index in [1.165, 1.54) is 6.20 Å². The molecule has 106 valence electrons. The van der Waals surface area contributed by atoms with Crippen molar-refractivity contribution >= 4 is 17.6 Å². The molecule has 1 amide bonds. The van der Waals surface area contributed by atoms with Gasteiger partial charge in [-0.3, -0.25) is 4.79 Å². The van der Waals surface area contributed by atoms with E-state index in [1.807, 2.05) is 4.90 Å². The van der Waals surface area contributed by atoms with Crippen molar-refractivity contribution in [1.82, 2.24) is 19.0 Å². The topological polar surface area (TPSA) is 87.6 Å². The van der Waals surface area contributed by atoms with Gasteiger partial charge in [-0.1, -0.05) is 0 Å². The summed E-state index contributed by atoms with van der Waals surface area (Å²) in [7, 11) is 0. The molecule has 0 saturated carbocycles. The van der Waals surface area contributed by atoms with Crippen LogP contribution in [0.4, 0.5) is 0 Å². The molecular weight excluding hydrogens is 268 g/mol. The Morgan fingerprint density at radius 3 is 3.05 bits per heavy atom. The van der Waals surface area contributed by atoms with Gasteiger partial charge in [0, 0.05) is 19.6 Å². The SMILES string of the molecule is O=C(CNCC(O)COc1cnsn1)N1CCCC1. The lowest BCUT2D eigenvalue weighted by molar-refractivity contribution is -0.129. The number of nitrogens with one attached hydrogen (secondary N) is 1. The molecule has 1 aromatic rings. The van der Waals surface area contributed by atoms with Crippen molar-refractivity contribution in [3.63, 3.8) is 0 Å². The fourth-order valence-electron chi connectivity index (χ4n) is 1.88. The molecule has 8 heteroatoms. The van der Waals surface area contributed by atoms with E-state index in [9.17, 15) is 9.90 Å². The summed E-state index contributed by atoms with van der Waals surface area (Å²) in [6.45, 7) is 2.41. The van der Waals surface area contributed by atoms with Crippen LogP contribution in [0.2, 0.25) is 0 Å². The number of aliphatic hydroxyl groups excluding tert-OH is 1. The Kier molecular flexibility index (Phi) is 5.49. The number of hydrogen-bond acceptors (Lipinski definition) is 7. The maximum atomic E-state index is 11.7. The van der Waals surface area contributed by atoms with Crippen LogP contribution in [0.3, 0.4) is 0 Å². The summed E-state index contributed by atoms with van der Waals surface area (Å²) in [5.41, 5.74) is 0. The number of amides is 1. The summed E-state index contributed by atoms with van der Waals surface area (Å²) < 4.78 is 12.9. The second-order valence-corrected chi connectivity index (χ2v) is 4.99. The molecule has 19 heavy (non-hydrogen) atoms. The standard InChI is InChI=1S/C11H18N4O3S/c16-9(8-18-10-6-13-19-14-10)5-12-7-11(17)15-3-1-2-4-15/h6,9,12,16H,1-5,7-8H2. The molecule has 0 spiro atoms. The van der Waals surface area contributed by atoms with Gasteiger partial charge < -0.3 is 20.1 Å². The Hall–Kier alpha value is -1.25. The van der Waals surface area contributed by atoms with Crippen molar-refractivity contribution in [2.24, 2.45) is 0 Å². The van der Waals surface area contributed by atoms with Crippen molar-refractivity contribution in [2.75, 3.05) is 32.8 Å². The average Bonchev–Trinajstić information content (AvgIpc) is 3.09. The third-order valence-corrected chi connectivity index (χ3v) is 3.34. The van der Waals surface area contributed by atoms with Crippen molar-refractivity contribution in [3.05, 3.63) is 6.20 Å². The van der Waals surface area contributed by atoms with E-state index in [1.54, 1.807) is 0 Å². The lowest BCUT2D eigenvalue weighted by Gasteiger charge is -2.16. The molecule has 0 aromatic carbocycles. The molecule has 1 saturated heterocycles. The fourth-order valence-corrected chi connectivity index (χ4v) is 2.25. The molecule has 1 aliphatic heterocycles. The zero-order chi connectivity index (χ0) is 13.5. The molecule has 1 atom stereocenters. The van der Waals surface area contributed by atoms with Gasteiger partial charge in [-0.2, -0.15) is 4.37 Å². The highest BCUT2D eigenvalue weighted by molar-refractivity contribution is 6.99. The normalized spacial score (nSPS) is 16.6. The van der Waals surface area contributed by atoms with Crippen LogP contribution in [0.15, 0.2) is 6.20 Å². The van der Waals surface area contributed by atoms with E-state index in [2.05, 4.69) is 14.1 Å². The molecule has 0 bridgehead atoms. The molecular formula is C11H18N4O3S. The first-order valence-corrected chi connectivity index (χ1v) is 7.05. The van der Waals surface area contributed by atoms with Gasteiger partial charge in [0.2, 0.25) is 11.8 Å². The Labute approximate surface area is 115 Å². The number of carbonyl (C=O) groups excluding carboxylic acids is 1. The summed E-state index contributed by atoms with van der Waals surface area (Å²) >= 11 is 1.05. The van der Waals surface area contributed by atoms with Crippen molar-refractivity contribution < 1.29 is 14.6 Å². The number of aliphatic hydroxyl groups is 1. The number of rotatable bonds is 7. The van der Waals surface area contributed by atoms with Gasteiger partial charge in [0.25, 0.3) is 0 Å². The molecule has 0 radical (unpaired) electrons. The molecule has 1 unspecified atom stereocenters. The lowest BCUT2D eigenvalue weighted by atomic mass is 10.3. The molecule has 2 rings (SSSR count). The molecule has 0 aliphatic carbocycles. The summed E-state index contributed by atoms with van der Waals surface area (Å²) in [5, 5.41) is 12.6. The first-order chi connectivity index (χ1) is 9.25. The Morgan fingerprint density at radius 1 is 1.58 bits per heavy atom. The predicted octanol–water partition coefficient (Wildman–Crippen LogP) is -0.510. The fraction of sp³-hybridized carbons (Fsp3) is 0.727. The zero-order valence-corrected chi connectivity index (χ0v) is 11.4. The van der Waals surface area contributed by atoms with E-state index in [-0.39, 0.29) is 19.1 Å². The molecule has 1 aromatic heterocycles. The molecule has 1 fully saturated rings. The third kappa shape index (κ3) is 4.73. The monoisotopic (exact) mass is 286 g/mol.